The number of halogens is 1. The summed E-state index contributed by atoms with van der Waals surface area (Å²) in [5, 5.41) is 6.05. The molecule has 2 aromatic rings. The van der Waals surface area contributed by atoms with E-state index in [1.807, 2.05) is 0 Å². The average Bonchev–Trinajstić information content (AvgIpc) is 2.60. The van der Waals surface area contributed by atoms with Crippen molar-refractivity contribution in [2.75, 3.05) is 25.6 Å². The largest absolute Gasteiger partial charge is 0.385 e. The summed E-state index contributed by atoms with van der Waals surface area (Å²) in [5.41, 5.74) is 1.14. The molecule has 0 spiro atoms. The summed E-state index contributed by atoms with van der Waals surface area (Å²) < 4.78 is 4.92. The van der Waals surface area contributed by atoms with Crippen LogP contribution in [0.15, 0.2) is 42.6 Å². The van der Waals surface area contributed by atoms with Crippen LogP contribution in [0.2, 0.25) is 5.02 Å². The molecule has 1 heterocycles. The van der Waals surface area contributed by atoms with Crippen molar-refractivity contribution in [2.45, 2.75) is 6.42 Å². The van der Waals surface area contributed by atoms with E-state index in [2.05, 4.69) is 15.6 Å². The Morgan fingerprint density at radius 2 is 1.92 bits per heavy atom. The Kier molecular flexibility index (Phi) is 6.72. The maximum Gasteiger partial charge on any atom is 0.274 e. The maximum atomic E-state index is 12.2. The summed E-state index contributed by atoms with van der Waals surface area (Å²) >= 11 is 5.80. The lowest BCUT2D eigenvalue weighted by Crippen LogP contribution is -2.25. The number of amides is 2. The zero-order valence-corrected chi connectivity index (χ0v) is 14.0. The Balaban J connectivity index is 1.99. The van der Waals surface area contributed by atoms with E-state index in [1.54, 1.807) is 37.4 Å². The summed E-state index contributed by atoms with van der Waals surface area (Å²) in [6.07, 6.45) is 2.15. The molecule has 1 aromatic heterocycles. The van der Waals surface area contributed by atoms with E-state index in [9.17, 15) is 9.59 Å². The lowest BCUT2D eigenvalue weighted by atomic mass is 10.2. The van der Waals surface area contributed by atoms with Crippen LogP contribution in [-0.4, -0.2) is 37.1 Å². The fourth-order valence-corrected chi connectivity index (χ4v) is 2.07. The fourth-order valence-electron chi connectivity index (χ4n) is 1.94. The molecule has 0 aliphatic rings. The highest BCUT2D eigenvalue weighted by Gasteiger charge is 2.12. The highest BCUT2D eigenvalue weighted by atomic mass is 35.5. The minimum atomic E-state index is -0.397. The van der Waals surface area contributed by atoms with E-state index in [0.717, 1.165) is 6.42 Å². The number of hydrogen-bond donors (Lipinski definition) is 2. The number of ether oxygens (including phenoxy) is 1. The van der Waals surface area contributed by atoms with Gasteiger partial charge in [0.25, 0.3) is 11.8 Å². The minimum Gasteiger partial charge on any atom is -0.385 e. The number of carbonyl (C=O) groups excluding carboxylic acids is 2. The van der Waals surface area contributed by atoms with Gasteiger partial charge in [0.05, 0.1) is 0 Å². The van der Waals surface area contributed by atoms with Crippen molar-refractivity contribution in [1.29, 1.82) is 0 Å². The van der Waals surface area contributed by atoms with Gasteiger partial charge in [-0.2, -0.15) is 0 Å². The van der Waals surface area contributed by atoms with Gasteiger partial charge in [0, 0.05) is 42.7 Å². The number of nitrogens with zero attached hydrogens (tertiary/aromatic N) is 1. The van der Waals surface area contributed by atoms with Gasteiger partial charge in [0.15, 0.2) is 0 Å². The van der Waals surface area contributed by atoms with Crippen molar-refractivity contribution in [3.8, 4) is 0 Å². The van der Waals surface area contributed by atoms with Gasteiger partial charge in [-0.1, -0.05) is 11.6 Å². The quantitative estimate of drug-likeness (QED) is 0.755. The van der Waals surface area contributed by atoms with Crippen LogP contribution in [0.3, 0.4) is 0 Å². The molecule has 2 rings (SSSR count). The highest BCUT2D eigenvalue weighted by molar-refractivity contribution is 6.30. The molecule has 7 heteroatoms. The summed E-state index contributed by atoms with van der Waals surface area (Å²) in [7, 11) is 1.61. The lowest BCUT2D eigenvalue weighted by Gasteiger charge is -2.07. The number of rotatable bonds is 7. The third-order valence-corrected chi connectivity index (χ3v) is 3.42. The molecule has 2 N–H and O–H groups in total. The first kappa shape index (κ1) is 17.9. The van der Waals surface area contributed by atoms with Gasteiger partial charge >= 0.3 is 0 Å². The molecule has 0 saturated carbocycles. The van der Waals surface area contributed by atoms with Gasteiger partial charge in [-0.05, 0) is 42.8 Å². The van der Waals surface area contributed by atoms with Gasteiger partial charge in [0.1, 0.15) is 5.69 Å². The molecule has 2 amide bonds. The standard InChI is InChI=1S/C17H18ClN3O3/c1-24-10-2-8-20-16(22)12-7-9-19-15(11-12)17(23)21-14-5-3-13(18)4-6-14/h3-7,9,11H,2,8,10H2,1H3,(H,20,22)(H,21,23). The number of hydrogen-bond acceptors (Lipinski definition) is 4. The maximum absolute atomic E-state index is 12.2. The van der Waals surface area contributed by atoms with Crippen LogP contribution in [0, 0.1) is 0 Å². The van der Waals surface area contributed by atoms with E-state index in [1.165, 1.54) is 12.3 Å². The van der Waals surface area contributed by atoms with Gasteiger partial charge in [-0.3, -0.25) is 14.6 Å². The summed E-state index contributed by atoms with van der Waals surface area (Å²) in [5.74, 6) is -0.652. The van der Waals surface area contributed by atoms with Gasteiger partial charge in [-0.25, -0.2) is 0 Å². The van der Waals surface area contributed by atoms with Crippen LogP contribution in [-0.2, 0) is 4.74 Å². The average molecular weight is 348 g/mol. The molecule has 0 bridgehead atoms. The predicted molar refractivity (Wildman–Crippen MR) is 92.5 cm³/mol. The highest BCUT2D eigenvalue weighted by Crippen LogP contribution is 2.14. The van der Waals surface area contributed by atoms with Crippen molar-refractivity contribution >= 4 is 29.1 Å². The second-order valence-electron chi connectivity index (χ2n) is 4.99. The Labute approximate surface area is 145 Å². The topological polar surface area (TPSA) is 80.3 Å². The Bertz CT molecular complexity index is 704. The Hall–Kier alpha value is -2.44. The second-order valence-corrected chi connectivity index (χ2v) is 5.43. The lowest BCUT2D eigenvalue weighted by molar-refractivity contribution is 0.0948. The molecule has 0 radical (unpaired) electrons. The zero-order valence-electron chi connectivity index (χ0n) is 13.2. The van der Waals surface area contributed by atoms with E-state index in [-0.39, 0.29) is 11.6 Å². The van der Waals surface area contributed by atoms with Crippen LogP contribution in [0.25, 0.3) is 0 Å². The molecular weight excluding hydrogens is 330 g/mol. The molecule has 24 heavy (non-hydrogen) atoms. The van der Waals surface area contributed by atoms with Crippen molar-refractivity contribution in [3.05, 3.63) is 58.9 Å². The summed E-state index contributed by atoms with van der Waals surface area (Å²) in [6.45, 7) is 1.08. The number of methoxy groups -OCH3 is 1. The van der Waals surface area contributed by atoms with Crippen LogP contribution >= 0.6 is 11.6 Å². The van der Waals surface area contributed by atoms with Gasteiger partial charge in [0.2, 0.25) is 0 Å². The molecule has 0 atom stereocenters. The zero-order chi connectivity index (χ0) is 17.4. The molecule has 0 unspecified atom stereocenters. The predicted octanol–water partition coefficient (Wildman–Crippen LogP) is 2.75. The Morgan fingerprint density at radius 3 is 2.62 bits per heavy atom. The first-order chi connectivity index (χ1) is 11.6. The fraction of sp³-hybridized carbons (Fsp3) is 0.235. The third-order valence-electron chi connectivity index (χ3n) is 3.17. The molecule has 6 nitrogen and oxygen atoms in total. The van der Waals surface area contributed by atoms with Crippen molar-refractivity contribution in [2.24, 2.45) is 0 Å². The summed E-state index contributed by atoms with van der Waals surface area (Å²) in [4.78, 5) is 28.3. The first-order valence-corrected chi connectivity index (χ1v) is 7.78. The van der Waals surface area contributed by atoms with Crippen LogP contribution in [0.5, 0.6) is 0 Å². The van der Waals surface area contributed by atoms with Crippen LogP contribution in [0.1, 0.15) is 27.3 Å². The molecule has 0 aliphatic carbocycles. The number of carbonyl (C=O) groups is 2. The van der Waals surface area contributed by atoms with E-state index in [0.29, 0.717) is 29.4 Å². The number of anilines is 1. The molecule has 0 saturated heterocycles. The minimum absolute atomic E-state index is 0.162. The van der Waals surface area contributed by atoms with Gasteiger partial charge in [-0.15, -0.1) is 0 Å². The summed E-state index contributed by atoms with van der Waals surface area (Å²) in [6, 6.07) is 9.74. The number of benzene rings is 1. The smallest absolute Gasteiger partial charge is 0.274 e. The van der Waals surface area contributed by atoms with Crippen LogP contribution < -0.4 is 10.6 Å². The number of pyridine rings is 1. The Morgan fingerprint density at radius 1 is 1.17 bits per heavy atom. The van der Waals surface area contributed by atoms with Crippen molar-refractivity contribution in [3.63, 3.8) is 0 Å². The van der Waals surface area contributed by atoms with Gasteiger partial charge < -0.3 is 15.4 Å². The molecular formula is C17H18ClN3O3. The van der Waals surface area contributed by atoms with E-state index in [4.69, 9.17) is 16.3 Å². The monoisotopic (exact) mass is 347 g/mol. The second kappa shape index (κ2) is 9.00. The number of aromatic nitrogens is 1. The third kappa shape index (κ3) is 5.33. The van der Waals surface area contributed by atoms with Crippen LogP contribution in [0.4, 0.5) is 5.69 Å². The van der Waals surface area contributed by atoms with Crippen molar-refractivity contribution in [1.82, 2.24) is 10.3 Å². The van der Waals surface area contributed by atoms with E-state index >= 15 is 0 Å². The number of nitrogens with one attached hydrogen (secondary N) is 2. The first-order valence-electron chi connectivity index (χ1n) is 7.40. The molecule has 0 fully saturated rings. The molecule has 1 aromatic carbocycles. The SMILES string of the molecule is COCCCNC(=O)c1ccnc(C(=O)Nc2ccc(Cl)cc2)c1. The molecule has 126 valence electrons. The normalized spacial score (nSPS) is 10.2. The van der Waals surface area contributed by atoms with Crippen molar-refractivity contribution < 1.29 is 14.3 Å². The van der Waals surface area contributed by atoms with E-state index < -0.39 is 5.91 Å². The molecule has 0 aliphatic heterocycles.